The Balaban J connectivity index is 2.12. The van der Waals surface area contributed by atoms with Crippen molar-refractivity contribution in [2.45, 2.75) is 72.4 Å². The van der Waals surface area contributed by atoms with Crippen LogP contribution in [0, 0.1) is 6.92 Å². The van der Waals surface area contributed by atoms with E-state index in [4.69, 9.17) is 0 Å². The molecule has 2 amide bonds. The van der Waals surface area contributed by atoms with Gasteiger partial charge in [-0.1, -0.05) is 69.3 Å². The highest BCUT2D eigenvalue weighted by Gasteiger charge is 2.26. The smallest absolute Gasteiger partial charge is 0.242 e. The van der Waals surface area contributed by atoms with E-state index >= 15 is 0 Å². The van der Waals surface area contributed by atoms with Crippen LogP contribution < -0.4 is 5.32 Å². The summed E-state index contributed by atoms with van der Waals surface area (Å²) in [6, 6.07) is 16.0. The molecule has 0 spiro atoms. The first-order valence-corrected chi connectivity index (χ1v) is 11.0. The molecule has 162 valence electrons. The van der Waals surface area contributed by atoms with Gasteiger partial charge in [-0.25, -0.2) is 0 Å². The van der Waals surface area contributed by atoms with Crippen molar-refractivity contribution < 1.29 is 9.59 Å². The van der Waals surface area contributed by atoms with Gasteiger partial charge in [-0.2, -0.15) is 0 Å². The molecule has 0 aliphatic rings. The first-order chi connectivity index (χ1) is 14.3. The van der Waals surface area contributed by atoms with Crippen LogP contribution >= 0.6 is 0 Å². The molecule has 30 heavy (non-hydrogen) atoms. The summed E-state index contributed by atoms with van der Waals surface area (Å²) in [5.74, 6) is 0.401. The Kier molecular flexibility index (Phi) is 9.10. The number of hydrogen-bond donors (Lipinski definition) is 1. The van der Waals surface area contributed by atoms with Crippen LogP contribution in [0.25, 0.3) is 0 Å². The Bertz CT molecular complexity index is 827. The zero-order chi connectivity index (χ0) is 22.1. The molecule has 4 heteroatoms. The summed E-state index contributed by atoms with van der Waals surface area (Å²) in [5.41, 5.74) is 4.64. The highest BCUT2D eigenvalue weighted by molar-refractivity contribution is 5.87. The van der Waals surface area contributed by atoms with E-state index in [0.29, 0.717) is 31.8 Å². The lowest BCUT2D eigenvalue weighted by Gasteiger charge is -2.29. The summed E-state index contributed by atoms with van der Waals surface area (Å²) in [4.78, 5) is 27.5. The fourth-order valence-electron chi connectivity index (χ4n) is 3.41. The number of nitrogens with one attached hydrogen (secondary N) is 1. The van der Waals surface area contributed by atoms with Gasteiger partial charge in [0.15, 0.2) is 0 Å². The van der Waals surface area contributed by atoms with Gasteiger partial charge in [-0.05, 0) is 54.9 Å². The minimum absolute atomic E-state index is 0.00494. The monoisotopic (exact) mass is 408 g/mol. The Morgan fingerprint density at radius 1 is 1.00 bits per heavy atom. The molecule has 0 aliphatic heterocycles. The van der Waals surface area contributed by atoms with Crippen molar-refractivity contribution in [1.82, 2.24) is 10.2 Å². The third-order valence-corrected chi connectivity index (χ3v) is 5.59. The number of rotatable bonds is 10. The second kappa shape index (κ2) is 11.5. The minimum Gasteiger partial charge on any atom is -0.354 e. The quantitative estimate of drug-likeness (QED) is 0.602. The van der Waals surface area contributed by atoms with Crippen LogP contribution in [0.1, 0.15) is 68.7 Å². The Labute approximate surface area is 181 Å². The van der Waals surface area contributed by atoms with Crippen LogP contribution in [-0.2, 0) is 22.6 Å². The molecular weight excluding hydrogens is 372 g/mol. The first-order valence-electron chi connectivity index (χ1n) is 11.0. The van der Waals surface area contributed by atoms with E-state index in [2.05, 4.69) is 43.4 Å². The molecular formula is C26H36N2O2. The van der Waals surface area contributed by atoms with Gasteiger partial charge in [-0.3, -0.25) is 9.59 Å². The van der Waals surface area contributed by atoms with Gasteiger partial charge in [0, 0.05) is 19.5 Å². The van der Waals surface area contributed by atoms with E-state index in [1.54, 1.807) is 4.90 Å². The van der Waals surface area contributed by atoms with E-state index in [1.165, 1.54) is 5.56 Å². The van der Waals surface area contributed by atoms with Crippen molar-refractivity contribution in [3.63, 3.8) is 0 Å². The highest BCUT2D eigenvalue weighted by atomic mass is 16.2. The second-order valence-corrected chi connectivity index (χ2v) is 8.31. The number of hydrogen-bond acceptors (Lipinski definition) is 2. The Morgan fingerprint density at radius 3 is 2.27 bits per heavy atom. The number of carbonyl (C=O) groups excluding carboxylic acids is 2. The summed E-state index contributed by atoms with van der Waals surface area (Å²) in [6.45, 7) is 11.3. The van der Waals surface area contributed by atoms with Crippen LogP contribution in [0.4, 0.5) is 0 Å². The Morgan fingerprint density at radius 2 is 1.67 bits per heavy atom. The number of amides is 2. The molecule has 0 saturated heterocycles. The summed E-state index contributed by atoms with van der Waals surface area (Å²) in [7, 11) is 0. The van der Waals surface area contributed by atoms with Crippen molar-refractivity contribution in [3.05, 3.63) is 70.8 Å². The van der Waals surface area contributed by atoms with E-state index in [-0.39, 0.29) is 11.8 Å². The summed E-state index contributed by atoms with van der Waals surface area (Å²) >= 11 is 0. The average molecular weight is 409 g/mol. The fraction of sp³-hybridized carbons (Fsp3) is 0.462. The molecule has 0 heterocycles. The van der Waals surface area contributed by atoms with Crippen LogP contribution in [-0.4, -0.2) is 29.3 Å². The molecule has 2 aromatic rings. The first kappa shape index (κ1) is 23.7. The van der Waals surface area contributed by atoms with E-state index in [9.17, 15) is 9.59 Å². The lowest BCUT2D eigenvalue weighted by Crippen LogP contribution is -2.47. The van der Waals surface area contributed by atoms with Gasteiger partial charge in [0.1, 0.15) is 6.04 Å². The number of aryl methyl sites for hydroxylation is 2. The molecule has 0 bridgehead atoms. The zero-order valence-electron chi connectivity index (χ0n) is 19.1. The summed E-state index contributed by atoms with van der Waals surface area (Å²) in [6.07, 6.45) is 1.93. The van der Waals surface area contributed by atoms with Crippen molar-refractivity contribution in [2.75, 3.05) is 6.54 Å². The molecule has 2 aromatic carbocycles. The van der Waals surface area contributed by atoms with Crippen molar-refractivity contribution in [3.8, 4) is 0 Å². The molecule has 1 N–H and O–H groups in total. The topological polar surface area (TPSA) is 49.4 Å². The predicted molar refractivity (Wildman–Crippen MR) is 123 cm³/mol. The lowest BCUT2D eigenvalue weighted by atomic mass is 10.00. The maximum Gasteiger partial charge on any atom is 0.242 e. The molecule has 1 atom stereocenters. The number of benzene rings is 2. The average Bonchev–Trinajstić information content (AvgIpc) is 2.75. The maximum absolute atomic E-state index is 13.2. The van der Waals surface area contributed by atoms with Gasteiger partial charge in [0.25, 0.3) is 0 Å². The highest BCUT2D eigenvalue weighted by Crippen LogP contribution is 2.18. The van der Waals surface area contributed by atoms with Crippen molar-refractivity contribution in [1.29, 1.82) is 0 Å². The van der Waals surface area contributed by atoms with Crippen molar-refractivity contribution >= 4 is 11.8 Å². The van der Waals surface area contributed by atoms with Gasteiger partial charge >= 0.3 is 0 Å². The molecule has 0 unspecified atom stereocenters. The lowest BCUT2D eigenvalue weighted by molar-refractivity contribution is -0.140. The molecule has 0 radical (unpaired) electrons. The second-order valence-electron chi connectivity index (χ2n) is 8.31. The fourth-order valence-corrected chi connectivity index (χ4v) is 3.41. The zero-order valence-corrected chi connectivity index (χ0v) is 19.1. The largest absolute Gasteiger partial charge is 0.354 e. The van der Waals surface area contributed by atoms with E-state index in [0.717, 1.165) is 23.1 Å². The summed E-state index contributed by atoms with van der Waals surface area (Å²) in [5, 5.41) is 2.93. The Hall–Kier alpha value is -2.62. The van der Waals surface area contributed by atoms with Gasteiger partial charge < -0.3 is 10.2 Å². The SMILES string of the molecule is CCCNC(=O)[C@@H](C)N(Cc1ccccc1C)C(=O)CCc1ccc(C(C)C)cc1. The van der Waals surface area contributed by atoms with Crippen LogP contribution in [0.2, 0.25) is 0 Å². The maximum atomic E-state index is 13.2. The standard InChI is InChI=1S/C26H36N2O2/c1-6-17-27-26(30)21(5)28(18-24-10-8-7-9-20(24)4)25(29)16-13-22-11-14-23(15-12-22)19(2)3/h7-12,14-15,19,21H,6,13,16-18H2,1-5H3,(H,27,30)/t21-/m1/s1. The van der Waals surface area contributed by atoms with E-state index < -0.39 is 6.04 Å². The molecule has 0 saturated carbocycles. The molecule has 0 fully saturated rings. The van der Waals surface area contributed by atoms with Gasteiger partial charge in [-0.15, -0.1) is 0 Å². The number of carbonyl (C=O) groups is 2. The summed E-state index contributed by atoms with van der Waals surface area (Å²) < 4.78 is 0. The molecule has 0 aromatic heterocycles. The molecule has 4 nitrogen and oxygen atoms in total. The third-order valence-electron chi connectivity index (χ3n) is 5.59. The van der Waals surface area contributed by atoms with E-state index in [1.807, 2.05) is 45.0 Å². The minimum atomic E-state index is -0.507. The van der Waals surface area contributed by atoms with Gasteiger partial charge in [0.05, 0.1) is 0 Å². The van der Waals surface area contributed by atoms with Crippen LogP contribution in [0.15, 0.2) is 48.5 Å². The van der Waals surface area contributed by atoms with Crippen LogP contribution in [0.3, 0.4) is 0 Å². The molecule has 2 rings (SSSR count). The normalized spacial score (nSPS) is 11.9. The van der Waals surface area contributed by atoms with Gasteiger partial charge in [0.2, 0.25) is 11.8 Å². The van der Waals surface area contributed by atoms with Crippen molar-refractivity contribution in [2.24, 2.45) is 0 Å². The third kappa shape index (κ3) is 6.72. The molecule has 0 aliphatic carbocycles. The predicted octanol–water partition coefficient (Wildman–Crippen LogP) is 4.99. The van der Waals surface area contributed by atoms with Crippen LogP contribution in [0.5, 0.6) is 0 Å². The number of nitrogens with zero attached hydrogens (tertiary/aromatic N) is 1.